The highest BCUT2D eigenvalue weighted by atomic mass is 35.7. The van der Waals surface area contributed by atoms with Gasteiger partial charge in [-0.25, -0.2) is 16.8 Å². The number of aryl methyl sites for hydroxylation is 1. The molecule has 0 unspecified atom stereocenters. The normalized spacial score (nSPS) is 18.7. The lowest BCUT2D eigenvalue weighted by Crippen LogP contribution is -2.00. The van der Waals surface area contributed by atoms with Gasteiger partial charge in [0, 0.05) is 10.7 Å². The summed E-state index contributed by atoms with van der Waals surface area (Å²) >= 11 is 0. The van der Waals surface area contributed by atoms with Crippen molar-refractivity contribution >= 4 is 29.6 Å². The average molecular weight is 267 g/mol. The fourth-order valence-electron chi connectivity index (χ4n) is 1.54. The molecule has 0 spiro atoms. The molecule has 1 heterocycles. The molecule has 2 rings (SSSR count). The molecule has 0 amide bonds. The first-order valence-electron chi connectivity index (χ1n) is 4.11. The van der Waals surface area contributed by atoms with Gasteiger partial charge in [-0.05, 0) is 24.1 Å². The molecule has 0 aliphatic carbocycles. The Hall–Kier alpha value is -0.590. The molecule has 0 aromatic heterocycles. The molecule has 0 N–H and O–H groups in total. The molecule has 7 heteroatoms. The quantitative estimate of drug-likeness (QED) is 0.710. The number of rotatable bonds is 1. The van der Waals surface area contributed by atoms with E-state index >= 15 is 0 Å². The third-order valence-electron chi connectivity index (χ3n) is 2.30. The van der Waals surface area contributed by atoms with Gasteiger partial charge in [-0.3, -0.25) is 0 Å². The molecule has 0 atom stereocenters. The summed E-state index contributed by atoms with van der Waals surface area (Å²) in [6.07, 6.45) is 0.431. The molecule has 1 aliphatic rings. The van der Waals surface area contributed by atoms with E-state index in [1.165, 1.54) is 12.1 Å². The lowest BCUT2D eigenvalue weighted by molar-refractivity contribution is 0.599. The molecule has 1 aliphatic heterocycles. The van der Waals surface area contributed by atoms with Crippen LogP contribution in [0.3, 0.4) is 0 Å². The topological polar surface area (TPSA) is 68.3 Å². The van der Waals surface area contributed by atoms with E-state index in [1.54, 1.807) is 0 Å². The van der Waals surface area contributed by atoms with Gasteiger partial charge in [0.05, 0.1) is 15.5 Å². The third kappa shape index (κ3) is 1.89. The number of hydrogen-bond donors (Lipinski definition) is 0. The number of fused-ring (bicyclic) bond motifs is 1. The van der Waals surface area contributed by atoms with Crippen molar-refractivity contribution < 1.29 is 16.8 Å². The Kier molecular flexibility index (Phi) is 2.33. The Labute approximate surface area is 92.2 Å². The van der Waals surface area contributed by atoms with E-state index in [1.807, 2.05) is 0 Å². The zero-order chi connectivity index (χ0) is 11.3. The summed E-state index contributed by atoms with van der Waals surface area (Å²) in [5.41, 5.74) is 0.652. The Morgan fingerprint density at radius 1 is 1.27 bits per heavy atom. The fourth-order valence-corrected chi connectivity index (χ4v) is 3.97. The summed E-state index contributed by atoms with van der Waals surface area (Å²) in [5, 5.41) is 0. The summed E-state index contributed by atoms with van der Waals surface area (Å²) in [6, 6.07) is 3.94. The van der Waals surface area contributed by atoms with Crippen molar-refractivity contribution in [3.63, 3.8) is 0 Å². The van der Waals surface area contributed by atoms with Crippen LogP contribution in [-0.2, 0) is 25.3 Å². The predicted octanol–water partition coefficient (Wildman–Crippen LogP) is 0.944. The summed E-state index contributed by atoms with van der Waals surface area (Å²) in [4.78, 5) is -0.0855. The second-order valence-electron chi connectivity index (χ2n) is 3.28. The monoisotopic (exact) mass is 266 g/mol. The minimum Gasteiger partial charge on any atom is -0.224 e. The van der Waals surface area contributed by atoms with Crippen molar-refractivity contribution in [3.8, 4) is 0 Å². The van der Waals surface area contributed by atoms with Crippen LogP contribution < -0.4 is 0 Å². The van der Waals surface area contributed by atoms with Gasteiger partial charge in [0.25, 0.3) is 9.05 Å². The first-order chi connectivity index (χ1) is 6.81. The van der Waals surface area contributed by atoms with Crippen LogP contribution >= 0.6 is 10.7 Å². The average Bonchev–Trinajstić information content (AvgIpc) is 2.41. The highest BCUT2D eigenvalue weighted by molar-refractivity contribution is 8.13. The highest BCUT2D eigenvalue weighted by Crippen LogP contribution is 2.29. The van der Waals surface area contributed by atoms with E-state index in [2.05, 4.69) is 0 Å². The largest absolute Gasteiger partial charge is 0.261 e. The van der Waals surface area contributed by atoms with Crippen LogP contribution in [0, 0.1) is 0 Å². The Balaban J connectivity index is 2.72. The molecule has 4 nitrogen and oxygen atoms in total. The Bertz CT molecular complexity index is 616. The molecule has 0 saturated heterocycles. The maximum atomic E-state index is 11.5. The molecule has 0 bridgehead atoms. The van der Waals surface area contributed by atoms with Gasteiger partial charge in [0.15, 0.2) is 9.84 Å². The van der Waals surface area contributed by atoms with Gasteiger partial charge >= 0.3 is 0 Å². The van der Waals surface area contributed by atoms with Crippen molar-refractivity contribution in [1.82, 2.24) is 0 Å². The standard InChI is InChI=1S/C8H7ClO4S2/c9-15(12,13)7-2-1-6-3-4-14(10,11)8(6)5-7/h1-2,5H,3-4H2. The number of hydrogen-bond acceptors (Lipinski definition) is 4. The van der Waals surface area contributed by atoms with Gasteiger partial charge in [-0.15, -0.1) is 0 Å². The summed E-state index contributed by atoms with van der Waals surface area (Å²) in [7, 11) is -2.05. The van der Waals surface area contributed by atoms with Crippen LogP contribution in [0.1, 0.15) is 5.56 Å². The zero-order valence-corrected chi connectivity index (χ0v) is 9.86. The SMILES string of the molecule is O=S(=O)(Cl)c1ccc2c(c1)S(=O)(=O)CC2. The zero-order valence-electron chi connectivity index (χ0n) is 7.47. The van der Waals surface area contributed by atoms with Gasteiger partial charge in [-0.1, -0.05) is 6.07 Å². The van der Waals surface area contributed by atoms with Crippen LogP contribution in [0.5, 0.6) is 0 Å². The summed E-state index contributed by atoms with van der Waals surface area (Å²) < 4.78 is 45.0. The number of sulfone groups is 1. The van der Waals surface area contributed by atoms with Gasteiger partial charge < -0.3 is 0 Å². The maximum absolute atomic E-state index is 11.5. The Morgan fingerprint density at radius 2 is 1.93 bits per heavy atom. The molecule has 0 fully saturated rings. The van der Waals surface area contributed by atoms with Crippen molar-refractivity contribution in [3.05, 3.63) is 23.8 Å². The van der Waals surface area contributed by atoms with E-state index in [-0.39, 0.29) is 15.5 Å². The van der Waals surface area contributed by atoms with Gasteiger partial charge in [0.2, 0.25) is 0 Å². The first kappa shape index (κ1) is 10.9. The minimum atomic E-state index is -3.87. The predicted molar refractivity (Wildman–Crippen MR) is 55.2 cm³/mol. The third-order valence-corrected chi connectivity index (χ3v) is 5.44. The lowest BCUT2D eigenvalue weighted by Gasteiger charge is -2.00. The van der Waals surface area contributed by atoms with E-state index in [4.69, 9.17) is 10.7 Å². The second-order valence-corrected chi connectivity index (χ2v) is 7.92. The second kappa shape index (κ2) is 3.20. The van der Waals surface area contributed by atoms with Crippen molar-refractivity contribution in [2.24, 2.45) is 0 Å². The van der Waals surface area contributed by atoms with Gasteiger partial charge in [0.1, 0.15) is 0 Å². The van der Waals surface area contributed by atoms with Crippen molar-refractivity contribution in [1.29, 1.82) is 0 Å². The molecule has 82 valence electrons. The number of halogens is 1. The molecule has 1 aromatic rings. The van der Waals surface area contributed by atoms with Crippen LogP contribution in [0.25, 0.3) is 0 Å². The minimum absolute atomic E-state index is 0.0358. The fraction of sp³-hybridized carbons (Fsp3) is 0.250. The summed E-state index contributed by atoms with van der Waals surface area (Å²) in [6.45, 7) is 0. The Morgan fingerprint density at radius 3 is 2.53 bits per heavy atom. The van der Waals surface area contributed by atoms with Gasteiger partial charge in [-0.2, -0.15) is 0 Å². The van der Waals surface area contributed by atoms with E-state index < -0.39 is 18.9 Å². The summed E-state index contributed by atoms with van der Waals surface area (Å²) in [5.74, 6) is 0.0358. The van der Waals surface area contributed by atoms with Crippen LogP contribution in [0.15, 0.2) is 28.0 Å². The van der Waals surface area contributed by atoms with E-state index in [0.29, 0.717) is 12.0 Å². The lowest BCUT2D eigenvalue weighted by atomic mass is 10.2. The van der Waals surface area contributed by atoms with Crippen molar-refractivity contribution in [2.75, 3.05) is 5.75 Å². The maximum Gasteiger partial charge on any atom is 0.261 e. The van der Waals surface area contributed by atoms with Crippen LogP contribution in [-0.4, -0.2) is 22.6 Å². The molecule has 15 heavy (non-hydrogen) atoms. The molecule has 0 radical (unpaired) electrons. The highest BCUT2D eigenvalue weighted by Gasteiger charge is 2.27. The number of benzene rings is 1. The van der Waals surface area contributed by atoms with Crippen molar-refractivity contribution in [2.45, 2.75) is 16.2 Å². The smallest absolute Gasteiger partial charge is 0.224 e. The molecule has 0 saturated carbocycles. The van der Waals surface area contributed by atoms with E-state index in [0.717, 1.165) is 6.07 Å². The van der Waals surface area contributed by atoms with Crippen LogP contribution in [0.2, 0.25) is 0 Å². The van der Waals surface area contributed by atoms with E-state index in [9.17, 15) is 16.8 Å². The molecular weight excluding hydrogens is 260 g/mol. The van der Waals surface area contributed by atoms with Crippen LogP contribution in [0.4, 0.5) is 0 Å². The first-order valence-corrected chi connectivity index (χ1v) is 8.07. The molecule has 1 aromatic carbocycles. The molecular formula is C8H7ClO4S2.